The molecule has 2 unspecified atom stereocenters. The maximum absolute atomic E-state index is 13.7. The van der Waals surface area contributed by atoms with Crippen LogP contribution in [0.2, 0.25) is 0 Å². The molecule has 2 saturated heterocycles. The van der Waals surface area contributed by atoms with Gasteiger partial charge in [-0.2, -0.15) is 0 Å². The maximum atomic E-state index is 13.7. The number of methoxy groups -OCH3 is 3. The van der Waals surface area contributed by atoms with Gasteiger partial charge in [0.25, 0.3) is 11.8 Å². The van der Waals surface area contributed by atoms with Crippen molar-refractivity contribution in [1.29, 1.82) is 0 Å². The topological polar surface area (TPSA) is 219 Å². The lowest BCUT2D eigenvalue weighted by Gasteiger charge is -2.23. The minimum absolute atomic E-state index is 0.0566. The number of aromatic nitrogens is 1. The van der Waals surface area contributed by atoms with E-state index in [0.29, 0.717) is 115 Å². The minimum atomic E-state index is -0.959. The van der Waals surface area contributed by atoms with Gasteiger partial charge in [-0.05, 0) is 45.2 Å². The molecule has 4 aliphatic rings. The van der Waals surface area contributed by atoms with Crippen molar-refractivity contribution in [3.8, 4) is 28.7 Å². The standard InChI is InChI=1S/C53H66N6O14/c1-6-35-21-39-29-54-44-27-48(46(66-4)25-42(44)52(63)58(39)31-35)72-33-37-23-41(71-14-12-57(11-8-9-51(61)62)50(60)10-13-68-17-18-70-20-19-69-16-15-65-3)24-38(56-37)34-73-49-28-45-43(26-47(49)67-5)53(64)59-32-36(7-2)22-40(59)30-55-45/h6-7,23-30,39-40H,8-22,31-34H2,1-5H3,(H,61,62)/b35-6+,36-7+. The number of allylic oxidation sites excluding steroid dienone is 2. The summed E-state index contributed by atoms with van der Waals surface area (Å²) in [6.07, 6.45) is 9.34. The molecule has 20 nitrogen and oxygen atoms in total. The number of ether oxygens (including phenoxy) is 9. The van der Waals surface area contributed by atoms with Crippen LogP contribution in [0.15, 0.2) is 69.7 Å². The van der Waals surface area contributed by atoms with Crippen LogP contribution in [0.25, 0.3) is 0 Å². The lowest BCUT2D eigenvalue weighted by atomic mass is 10.1. The molecule has 392 valence electrons. The lowest BCUT2D eigenvalue weighted by molar-refractivity contribution is -0.138. The number of aliphatic imine (C=N–C) groups is 2. The minimum Gasteiger partial charge on any atom is -0.493 e. The number of nitrogens with zero attached hydrogens (tertiary/aromatic N) is 6. The number of carboxylic acids is 1. The van der Waals surface area contributed by atoms with E-state index < -0.39 is 5.97 Å². The summed E-state index contributed by atoms with van der Waals surface area (Å²) in [6, 6.07) is 9.78. The van der Waals surface area contributed by atoms with E-state index in [1.165, 1.54) is 25.4 Å². The Bertz CT molecular complexity index is 2430. The van der Waals surface area contributed by atoms with E-state index in [4.69, 9.17) is 57.6 Å². The summed E-state index contributed by atoms with van der Waals surface area (Å²) in [5, 5.41) is 9.33. The van der Waals surface area contributed by atoms with E-state index in [2.05, 4.69) is 0 Å². The van der Waals surface area contributed by atoms with Crippen LogP contribution in [0.5, 0.6) is 28.7 Å². The molecule has 0 aliphatic carbocycles. The summed E-state index contributed by atoms with van der Waals surface area (Å²) >= 11 is 0. The molecule has 5 heterocycles. The van der Waals surface area contributed by atoms with Crippen molar-refractivity contribution in [2.45, 2.75) is 71.2 Å². The van der Waals surface area contributed by atoms with E-state index in [1.807, 2.05) is 35.8 Å². The molecule has 1 aromatic heterocycles. The average Bonchev–Trinajstić information content (AvgIpc) is 3.97. The van der Waals surface area contributed by atoms with Crippen LogP contribution in [-0.2, 0) is 41.8 Å². The van der Waals surface area contributed by atoms with Crippen LogP contribution in [0.1, 0.15) is 78.1 Å². The van der Waals surface area contributed by atoms with Gasteiger partial charge in [0, 0.05) is 69.9 Å². The summed E-state index contributed by atoms with van der Waals surface area (Å²) in [5.74, 6) is 0.303. The SMILES string of the molecule is C/C=C1\CC2C=Nc3cc(OCc4cc(OCCN(CCCC(=O)O)C(=O)CCOCCOCCOCCOC)cc(COc5cc6c(cc5OC)C(=O)N5C/C(=C/C)CC5C=N6)n4)c(OC)cc3C(=O)N2C1. The summed E-state index contributed by atoms with van der Waals surface area (Å²) < 4.78 is 52.0. The van der Waals surface area contributed by atoms with Gasteiger partial charge < -0.3 is 62.4 Å². The molecule has 2 fully saturated rings. The Hall–Kier alpha value is -6.87. The molecular weight excluding hydrogens is 945 g/mol. The molecule has 4 aliphatic heterocycles. The number of carbonyl (C=O) groups is 4. The van der Waals surface area contributed by atoms with E-state index >= 15 is 0 Å². The lowest BCUT2D eigenvalue weighted by Crippen LogP contribution is -2.36. The van der Waals surface area contributed by atoms with Crippen molar-refractivity contribution in [1.82, 2.24) is 19.7 Å². The van der Waals surface area contributed by atoms with Crippen molar-refractivity contribution in [3.05, 3.63) is 82.2 Å². The molecule has 3 aromatic rings. The highest BCUT2D eigenvalue weighted by Crippen LogP contribution is 2.41. The van der Waals surface area contributed by atoms with Gasteiger partial charge in [0.1, 0.15) is 25.6 Å². The van der Waals surface area contributed by atoms with E-state index in [0.717, 1.165) is 12.8 Å². The summed E-state index contributed by atoms with van der Waals surface area (Å²) in [4.78, 5) is 71.8. The first kappa shape index (κ1) is 53.9. The van der Waals surface area contributed by atoms with Crippen LogP contribution in [0, 0.1) is 0 Å². The van der Waals surface area contributed by atoms with Crippen molar-refractivity contribution >= 4 is 47.5 Å². The van der Waals surface area contributed by atoms with Gasteiger partial charge in [0.2, 0.25) is 5.91 Å². The summed E-state index contributed by atoms with van der Waals surface area (Å²) in [6.45, 7) is 7.92. The highest BCUT2D eigenvalue weighted by atomic mass is 16.6. The van der Waals surface area contributed by atoms with Crippen molar-refractivity contribution in [2.24, 2.45) is 9.98 Å². The van der Waals surface area contributed by atoms with Crippen molar-refractivity contribution < 1.29 is 66.9 Å². The highest BCUT2D eigenvalue weighted by Gasteiger charge is 2.36. The number of rotatable bonds is 28. The largest absolute Gasteiger partial charge is 0.493 e. The monoisotopic (exact) mass is 1010 g/mol. The zero-order valence-electron chi connectivity index (χ0n) is 42.3. The number of fused-ring (bicyclic) bond motifs is 4. The van der Waals surface area contributed by atoms with Gasteiger partial charge in [0.15, 0.2) is 23.0 Å². The Morgan fingerprint density at radius 3 is 1.63 bits per heavy atom. The third kappa shape index (κ3) is 14.4. The molecule has 0 radical (unpaired) electrons. The Morgan fingerprint density at radius 2 is 1.15 bits per heavy atom. The number of amides is 3. The predicted molar refractivity (Wildman–Crippen MR) is 269 cm³/mol. The summed E-state index contributed by atoms with van der Waals surface area (Å²) in [5.41, 5.74) is 4.98. The zero-order valence-corrected chi connectivity index (χ0v) is 42.3. The van der Waals surface area contributed by atoms with Crippen LogP contribution in [0.3, 0.4) is 0 Å². The van der Waals surface area contributed by atoms with Gasteiger partial charge in [-0.1, -0.05) is 23.3 Å². The fraction of sp³-hybridized carbons (Fsp3) is 0.491. The van der Waals surface area contributed by atoms with Crippen LogP contribution < -0.4 is 23.7 Å². The molecule has 2 aromatic carbocycles. The van der Waals surface area contributed by atoms with E-state index in [9.17, 15) is 24.3 Å². The molecule has 0 spiro atoms. The maximum Gasteiger partial charge on any atom is 0.303 e. The molecule has 0 bridgehead atoms. The second-order valence-electron chi connectivity index (χ2n) is 17.6. The highest BCUT2D eigenvalue weighted by molar-refractivity contribution is 6.05. The average molecular weight is 1010 g/mol. The van der Waals surface area contributed by atoms with Gasteiger partial charge in [0.05, 0.1) is 119 Å². The first-order valence-corrected chi connectivity index (χ1v) is 24.5. The molecule has 73 heavy (non-hydrogen) atoms. The smallest absolute Gasteiger partial charge is 0.303 e. The van der Waals surface area contributed by atoms with Gasteiger partial charge in [-0.15, -0.1) is 0 Å². The Morgan fingerprint density at radius 1 is 0.644 bits per heavy atom. The molecule has 2 atom stereocenters. The number of carboxylic acid groups (broad SMARTS) is 1. The van der Waals surface area contributed by atoms with E-state index in [-0.39, 0.29) is 88.6 Å². The third-order valence-corrected chi connectivity index (χ3v) is 12.7. The number of carbonyl (C=O) groups excluding carboxylic acids is 3. The molecule has 3 amide bonds. The molecular formula is C53H66N6O14. The molecule has 20 heteroatoms. The number of hydrogen-bond donors (Lipinski definition) is 1. The number of aliphatic carboxylic acids is 1. The molecule has 0 saturated carbocycles. The van der Waals surface area contributed by atoms with Crippen molar-refractivity contribution in [2.75, 3.05) is 100 Å². The van der Waals surface area contributed by atoms with Crippen LogP contribution in [0.4, 0.5) is 11.4 Å². The number of hydrogen-bond acceptors (Lipinski definition) is 16. The first-order chi connectivity index (χ1) is 35.5. The molecule has 1 N–H and O–H groups in total. The third-order valence-electron chi connectivity index (χ3n) is 12.7. The zero-order chi connectivity index (χ0) is 51.7. The van der Waals surface area contributed by atoms with E-state index in [1.54, 1.807) is 60.8 Å². The Labute approximate surface area is 425 Å². The quantitative estimate of drug-likeness (QED) is 0.0635. The van der Waals surface area contributed by atoms with Crippen molar-refractivity contribution in [3.63, 3.8) is 0 Å². The number of pyridine rings is 1. The summed E-state index contributed by atoms with van der Waals surface area (Å²) in [7, 11) is 4.61. The second kappa shape index (κ2) is 26.7. The fourth-order valence-corrected chi connectivity index (χ4v) is 8.74. The fourth-order valence-electron chi connectivity index (χ4n) is 8.74. The Balaban J connectivity index is 1.06. The van der Waals surface area contributed by atoms with Gasteiger partial charge in [-0.3, -0.25) is 34.1 Å². The van der Waals surface area contributed by atoms with Gasteiger partial charge in [-0.25, -0.2) is 0 Å². The Kier molecular flexibility index (Phi) is 19.7. The number of benzene rings is 2. The normalized spacial score (nSPS) is 17.8. The van der Waals surface area contributed by atoms with Gasteiger partial charge >= 0.3 is 5.97 Å². The first-order valence-electron chi connectivity index (χ1n) is 24.5. The molecule has 7 rings (SSSR count). The van der Waals surface area contributed by atoms with Crippen LogP contribution >= 0.6 is 0 Å². The second-order valence-corrected chi connectivity index (χ2v) is 17.6. The van der Waals surface area contributed by atoms with Crippen LogP contribution in [-0.4, -0.2) is 173 Å². The predicted octanol–water partition coefficient (Wildman–Crippen LogP) is 6.17.